The van der Waals surface area contributed by atoms with Crippen molar-refractivity contribution in [1.82, 2.24) is 20.0 Å². The van der Waals surface area contributed by atoms with E-state index in [0.717, 1.165) is 23.8 Å². The number of hydrogen-bond acceptors (Lipinski definition) is 3. The zero-order valence-corrected chi connectivity index (χ0v) is 20.5. The van der Waals surface area contributed by atoms with Crippen molar-refractivity contribution in [3.05, 3.63) is 52.6 Å². The van der Waals surface area contributed by atoms with Crippen LogP contribution in [0.25, 0.3) is 0 Å². The van der Waals surface area contributed by atoms with E-state index < -0.39 is 0 Å². The second-order valence-electron chi connectivity index (χ2n) is 7.25. The summed E-state index contributed by atoms with van der Waals surface area (Å²) in [5.41, 5.74) is 3.79. The summed E-state index contributed by atoms with van der Waals surface area (Å²) < 4.78 is 20.7. The SMILES string of the molecule is CCNC(=NCc1ccc(F)c(COC)c1)N(C)Cc1cn(C)nc1C(C)C.I. The van der Waals surface area contributed by atoms with E-state index >= 15 is 0 Å². The van der Waals surface area contributed by atoms with Gasteiger partial charge in [0.1, 0.15) is 5.82 Å². The number of rotatable bonds is 8. The molecule has 0 spiro atoms. The molecule has 0 unspecified atom stereocenters. The van der Waals surface area contributed by atoms with Crippen molar-refractivity contribution in [2.75, 3.05) is 20.7 Å². The number of hydrogen-bond donors (Lipinski definition) is 1. The molecule has 0 aliphatic carbocycles. The molecular weight excluding hydrogens is 484 g/mol. The van der Waals surface area contributed by atoms with E-state index in [0.29, 0.717) is 24.6 Å². The highest BCUT2D eigenvalue weighted by Crippen LogP contribution is 2.19. The summed E-state index contributed by atoms with van der Waals surface area (Å²) in [5.74, 6) is 0.914. The van der Waals surface area contributed by atoms with Crippen LogP contribution >= 0.6 is 24.0 Å². The van der Waals surface area contributed by atoms with Crippen LogP contribution in [0.2, 0.25) is 0 Å². The number of ether oxygens (including phenoxy) is 1. The fourth-order valence-electron chi connectivity index (χ4n) is 3.12. The Balaban J connectivity index is 0.00000420. The van der Waals surface area contributed by atoms with E-state index in [9.17, 15) is 4.39 Å². The third-order valence-electron chi connectivity index (χ3n) is 4.41. The molecule has 0 aliphatic heterocycles. The van der Waals surface area contributed by atoms with Gasteiger partial charge >= 0.3 is 0 Å². The first-order chi connectivity index (χ1) is 13.3. The summed E-state index contributed by atoms with van der Waals surface area (Å²) in [6.45, 7) is 8.54. The highest BCUT2D eigenvalue weighted by molar-refractivity contribution is 14.0. The Labute approximate surface area is 190 Å². The highest BCUT2D eigenvalue weighted by Gasteiger charge is 2.15. The van der Waals surface area contributed by atoms with Crippen LogP contribution in [-0.4, -0.2) is 41.3 Å². The van der Waals surface area contributed by atoms with Gasteiger partial charge < -0.3 is 15.0 Å². The first-order valence-electron chi connectivity index (χ1n) is 9.63. The predicted octanol–water partition coefficient (Wildman–Crippen LogP) is 4.04. The number of guanidine groups is 1. The quantitative estimate of drug-likeness (QED) is 0.326. The van der Waals surface area contributed by atoms with Gasteiger partial charge in [0.05, 0.1) is 18.8 Å². The molecule has 0 radical (unpaired) electrons. The third kappa shape index (κ3) is 7.26. The van der Waals surface area contributed by atoms with Gasteiger partial charge in [-0.2, -0.15) is 5.10 Å². The third-order valence-corrected chi connectivity index (χ3v) is 4.41. The first-order valence-corrected chi connectivity index (χ1v) is 9.63. The van der Waals surface area contributed by atoms with Gasteiger partial charge in [0.15, 0.2) is 5.96 Å². The second kappa shape index (κ2) is 12.1. The smallest absolute Gasteiger partial charge is 0.194 e. The van der Waals surface area contributed by atoms with Gasteiger partial charge in [-0.15, -0.1) is 24.0 Å². The molecule has 0 saturated carbocycles. The number of nitrogens with one attached hydrogen (secondary N) is 1. The van der Waals surface area contributed by atoms with E-state index in [1.165, 1.54) is 11.6 Å². The molecule has 0 bridgehead atoms. The minimum Gasteiger partial charge on any atom is -0.380 e. The highest BCUT2D eigenvalue weighted by atomic mass is 127. The Kier molecular flexibility index (Phi) is 10.6. The molecule has 6 nitrogen and oxygen atoms in total. The van der Waals surface area contributed by atoms with Crippen LogP contribution in [0.5, 0.6) is 0 Å². The van der Waals surface area contributed by atoms with Crippen molar-refractivity contribution < 1.29 is 9.13 Å². The normalized spacial score (nSPS) is 11.5. The Morgan fingerprint density at radius 3 is 2.69 bits per heavy atom. The summed E-state index contributed by atoms with van der Waals surface area (Å²) in [5, 5.41) is 7.91. The minimum absolute atomic E-state index is 0. The second-order valence-corrected chi connectivity index (χ2v) is 7.25. The monoisotopic (exact) mass is 517 g/mol. The molecule has 162 valence electrons. The van der Waals surface area contributed by atoms with Gasteiger partial charge in [-0.1, -0.05) is 19.9 Å². The lowest BCUT2D eigenvalue weighted by atomic mass is 10.1. The average molecular weight is 517 g/mol. The minimum atomic E-state index is -0.253. The summed E-state index contributed by atoms with van der Waals surface area (Å²) in [6, 6.07) is 5.05. The van der Waals surface area contributed by atoms with Crippen molar-refractivity contribution in [2.24, 2.45) is 12.0 Å². The molecule has 1 aromatic carbocycles. The van der Waals surface area contributed by atoms with Gasteiger partial charge in [0.25, 0.3) is 0 Å². The summed E-state index contributed by atoms with van der Waals surface area (Å²) in [7, 11) is 5.52. The fraction of sp³-hybridized carbons (Fsp3) is 0.524. The van der Waals surface area contributed by atoms with Crippen LogP contribution in [0, 0.1) is 5.82 Å². The Hall–Kier alpha value is -1.68. The maximum atomic E-state index is 13.8. The van der Waals surface area contributed by atoms with Crippen molar-refractivity contribution in [3.8, 4) is 0 Å². The van der Waals surface area contributed by atoms with E-state index in [-0.39, 0.29) is 36.4 Å². The summed E-state index contributed by atoms with van der Waals surface area (Å²) in [4.78, 5) is 6.82. The standard InChI is InChI=1S/C21H32FN5O.HI/c1-7-23-21(24-11-16-8-9-19(22)17(10-16)14-28-6)26(4)12-18-13-27(5)25-20(18)15(2)3;/h8-10,13,15H,7,11-12,14H2,1-6H3,(H,23,24);1H. The molecule has 1 aromatic heterocycles. The number of nitrogens with zero attached hydrogens (tertiary/aromatic N) is 4. The molecule has 0 amide bonds. The lowest BCUT2D eigenvalue weighted by Crippen LogP contribution is -2.38. The largest absolute Gasteiger partial charge is 0.380 e. The Bertz CT molecular complexity index is 806. The topological polar surface area (TPSA) is 54.7 Å². The van der Waals surface area contributed by atoms with E-state index in [1.807, 2.05) is 31.8 Å². The number of aromatic nitrogens is 2. The Morgan fingerprint density at radius 1 is 1.34 bits per heavy atom. The van der Waals surface area contributed by atoms with Crippen LogP contribution < -0.4 is 5.32 Å². The Morgan fingerprint density at radius 2 is 2.07 bits per heavy atom. The van der Waals surface area contributed by atoms with Crippen molar-refractivity contribution in [2.45, 2.75) is 46.4 Å². The van der Waals surface area contributed by atoms with Crippen LogP contribution in [0.1, 0.15) is 49.1 Å². The van der Waals surface area contributed by atoms with Gasteiger partial charge in [-0.05, 0) is 30.5 Å². The van der Waals surface area contributed by atoms with Gasteiger partial charge in [-0.25, -0.2) is 9.38 Å². The van der Waals surface area contributed by atoms with E-state index in [4.69, 9.17) is 9.73 Å². The lowest BCUT2D eigenvalue weighted by molar-refractivity contribution is 0.181. The number of aryl methyl sites for hydroxylation is 1. The van der Waals surface area contributed by atoms with Crippen molar-refractivity contribution in [1.29, 1.82) is 0 Å². The molecule has 0 aliphatic rings. The molecule has 0 atom stereocenters. The van der Waals surface area contributed by atoms with Gasteiger partial charge in [-0.3, -0.25) is 4.68 Å². The van der Waals surface area contributed by atoms with Crippen LogP contribution in [-0.2, 0) is 31.5 Å². The number of methoxy groups -OCH3 is 1. The molecule has 0 saturated heterocycles. The molecule has 29 heavy (non-hydrogen) atoms. The van der Waals surface area contributed by atoms with Crippen LogP contribution in [0.4, 0.5) is 4.39 Å². The van der Waals surface area contributed by atoms with Gasteiger partial charge in [0, 0.05) is 51.6 Å². The molecular formula is C21H33FIN5O. The molecule has 0 fully saturated rings. The van der Waals surface area contributed by atoms with Crippen molar-refractivity contribution >= 4 is 29.9 Å². The van der Waals surface area contributed by atoms with E-state index in [1.54, 1.807) is 13.2 Å². The average Bonchev–Trinajstić information content (AvgIpc) is 3.01. The number of halogens is 2. The van der Waals surface area contributed by atoms with Crippen LogP contribution in [0.15, 0.2) is 29.4 Å². The maximum Gasteiger partial charge on any atom is 0.194 e. The van der Waals surface area contributed by atoms with Crippen molar-refractivity contribution in [3.63, 3.8) is 0 Å². The number of benzene rings is 1. The summed E-state index contributed by atoms with van der Waals surface area (Å²) >= 11 is 0. The first kappa shape index (κ1) is 25.4. The summed E-state index contributed by atoms with van der Waals surface area (Å²) in [6.07, 6.45) is 2.06. The zero-order chi connectivity index (χ0) is 20.7. The van der Waals surface area contributed by atoms with E-state index in [2.05, 4.69) is 35.4 Å². The zero-order valence-electron chi connectivity index (χ0n) is 18.2. The number of aliphatic imine (C=N–C) groups is 1. The predicted molar refractivity (Wildman–Crippen MR) is 126 cm³/mol. The maximum absolute atomic E-state index is 13.8. The molecule has 1 heterocycles. The molecule has 2 aromatic rings. The fourth-order valence-corrected chi connectivity index (χ4v) is 3.12. The van der Waals surface area contributed by atoms with Gasteiger partial charge in [0.2, 0.25) is 0 Å². The lowest BCUT2D eigenvalue weighted by Gasteiger charge is -2.22. The molecule has 8 heteroatoms. The van der Waals surface area contributed by atoms with Crippen LogP contribution in [0.3, 0.4) is 0 Å². The molecule has 2 rings (SSSR count). The molecule has 1 N–H and O–H groups in total.